The van der Waals surface area contributed by atoms with E-state index in [1.165, 1.54) is 34.0 Å². The van der Waals surface area contributed by atoms with E-state index in [-0.39, 0.29) is 10.7 Å². The van der Waals surface area contributed by atoms with E-state index < -0.39 is 0 Å². The van der Waals surface area contributed by atoms with Gasteiger partial charge in [-0.15, -0.1) is 0 Å². The molecule has 4 heteroatoms. The van der Waals surface area contributed by atoms with E-state index in [2.05, 4.69) is 36.9 Å². The number of anilines is 1. The highest BCUT2D eigenvalue weighted by Gasteiger charge is 2.24. The van der Waals surface area contributed by atoms with Crippen LogP contribution in [0.5, 0.6) is 0 Å². The number of benzene rings is 1. The molecule has 1 saturated carbocycles. The molecule has 3 nitrogen and oxygen atoms in total. The number of nitrogens with two attached hydrogens (primary N) is 1. The lowest BCUT2D eigenvalue weighted by Crippen LogP contribution is -2.25. The molecule has 0 amide bonds. The van der Waals surface area contributed by atoms with Gasteiger partial charge in [-0.05, 0) is 51.7 Å². The number of para-hydroxylation sites is 1. The van der Waals surface area contributed by atoms with Gasteiger partial charge in [-0.25, -0.2) is 4.99 Å². The molecule has 1 fully saturated rings. The van der Waals surface area contributed by atoms with Crippen molar-refractivity contribution in [2.75, 3.05) is 18.0 Å². The molecule has 2 N–H and O–H groups in total. The predicted molar refractivity (Wildman–Crippen MR) is 90.6 cm³/mol. The second-order valence-corrected chi connectivity index (χ2v) is 6.93. The molecule has 1 unspecified atom stereocenters. The van der Waals surface area contributed by atoms with E-state index in [0.29, 0.717) is 0 Å². The summed E-state index contributed by atoms with van der Waals surface area (Å²) < 4.78 is 0. The Morgan fingerprint density at radius 3 is 2.70 bits per heavy atom. The normalized spacial score (nSPS) is 21.1. The summed E-state index contributed by atoms with van der Waals surface area (Å²) >= 11 is 0. The number of aliphatic imine (C=N–C) groups is 1. The molecule has 0 spiro atoms. The second kappa shape index (κ2) is 5.70. The Kier molecular flexibility index (Phi) is 3.94. The van der Waals surface area contributed by atoms with Crippen molar-refractivity contribution in [1.29, 1.82) is 0 Å². The fourth-order valence-electron chi connectivity index (χ4n) is 3.10. The predicted octanol–water partition coefficient (Wildman–Crippen LogP) is 3.87. The zero-order valence-electron chi connectivity index (χ0n) is 12.4. The topological polar surface area (TPSA) is 41.6 Å². The third-order valence-corrected chi connectivity index (χ3v) is 5.99. The Labute approximate surface area is 123 Å². The molecule has 108 valence electrons. The minimum atomic E-state index is -0.253. The van der Waals surface area contributed by atoms with Crippen LogP contribution in [0.4, 0.5) is 11.4 Å². The summed E-state index contributed by atoms with van der Waals surface area (Å²) in [4.78, 5) is 10.0. The molecule has 1 aliphatic heterocycles. The fourth-order valence-corrected chi connectivity index (χ4v) is 4.72. The fraction of sp³-hybridized carbons (Fsp3) is 0.500. The van der Waals surface area contributed by atoms with Crippen molar-refractivity contribution < 1.29 is 0 Å². The summed E-state index contributed by atoms with van der Waals surface area (Å²) in [6.45, 7) is 6.40. The number of rotatable bonds is 3. The molecule has 1 aliphatic carbocycles. The van der Waals surface area contributed by atoms with Crippen LogP contribution >= 0.6 is 10.7 Å². The molecule has 0 radical (unpaired) electrons. The van der Waals surface area contributed by atoms with Crippen LogP contribution in [-0.4, -0.2) is 23.7 Å². The van der Waals surface area contributed by atoms with Gasteiger partial charge in [-0.2, -0.15) is 0 Å². The van der Waals surface area contributed by atoms with E-state index in [0.717, 1.165) is 31.6 Å². The summed E-state index contributed by atoms with van der Waals surface area (Å²) in [5.41, 5.74) is 3.64. The summed E-state index contributed by atoms with van der Waals surface area (Å²) in [6, 6.07) is 6.47. The lowest BCUT2D eigenvalue weighted by Gasteiger charge is -2.29. The molecule has 3 rings (SSSR count). The summed E-state index contributed by atoms with van der Waals surface area (Å²) in [5.74, 6) is 0. The average molecular weight is 289 g/mol. The van der Waals surface area contributed by atoms with Crippen LogP contribution in [0.3, 0.4) is 0 Å². The molecule has 2 aliphatic rings. The molecule has 0 aromatic heterocycles. The van der Waals surface area contributed by atoms with E-state index in [9.17, 15) is 0 Å². The summed E-state index contributed by atoms with van der Waals surface area (Å²) in [5, 5.41) is 6.54. The van der Waals surface area contributed by atoms with Gasteiger partial charge < -0.3 is 4.90 Å². The molecule has 1 aromatic carbocycles. The first-order valence-electron chi connectivity index (χ1n) is 7.56. The lowest BCUT2D eigenvalue weighted by atomic mass is 9.98. The first-order valence-corrected chi connectivity index (χ1v) is 8.85. The van der Waals surface area contributed by atoms with Crippen molar-refractivity contribution in [3.05, 3.63) is 18.2 Å². The van der Waals surface area contributed by atoms with Crippen molar-refractivity contribution in [1.82, 2.24) is 0 Å². The molecule has 1 heterocycles. The SMILES string of the molecule is CCN(CC)c1cccc2c1N=C1CCCCC1=S2N. The van der Waals surface area contributed by atoms with Crippen molar-refractivity contribution in [3.63, 3.8) is 0 Å². The second-order valence-electron chi connectivity index (χ2n) is 5.32. The van der Waals surface area contributed by atoms with Crippen molar-refractivity contribution in [3.8, 4) is 0 Å². The first kappa shape index (κ1) is 13.8. The Balaban J connectivity index is 2.16. The van der Waals surface area contributed by atoms with Gasteiger partial charge in [-0.3, -0.25) is 5.14 Å². The van der Waals surface area contributed by atoms with Gasteiger partial charge in [0.15, 0.2) is 0 Å². The van der Waals surface area contributed by atoms with Crippen LogP contribution < -0.4 is 10.0 Å². The Morgan fingerprint density at radius 1 is 1.20 bits per heavy atom. The van der Waals surface area contributed by atoms with E-state index >= 15 is 0 Å². The molecule has 1 aromatic rings. The monoisotopic (exact) mass is 289 g/mol. The van der Waals surface area contributed by atoms with Gasteiger partial charge in [0, 0.05) is 22.8 Å². The zero-order chi connectivity index (χ0) is 14.1. The standard InChI is InChI=1S/C16H23N3S/c1-3-19(4-2)13-9-7-11-15-16(13)18-12-8-5-6-10-14(12)20(15)17/h7,9,11H,3-6,8,10,17H2,1-2H3. The van der Waals surface area contributed by atoms with Gasteiger partial charge in [0.2, 0.25) is 0 Å². The van der Waals surface area contributed by atoms with Crippen LogP contribution in [-0.2, 0) is 0 Å². The van der Waals surface area contributed by atoms with E-state index in [4.69, 9.17) is 10.1 Å². The molecule has 20 heavy (non-hydrogen) atoms. The van der Waals surface area contributed by atoms with Crippen molar-refractivity contribution in [2.24, 2.45) is 10.1 Å². The van der Waals surface area contributed by atoms with Crippen LogP contribution in [0.2, 0.25) is 0 Å². The number of fused-ring (bicyclic) bond motifs is 2. The largest absolute Gasteiger partial charge is 0.370 e. The third-order valence-electron chi connectivity index (χ3n) is 4.22. The first-order chi connectivity index (χ1) is 9.76. The third kappa shape index (κ3) is 2.21. The molecule has 1 atom stereocenters. The van der Waals surface area contributed by atoms with Gasteiger partial charge >= 0.3 is 0 Å². The number of hydrogen-bond acceptors (Lipinski definition) is 3. The number of hydrogen-bond donors (Lipinski definition) is 1. The minimum absolute atomic E-state index is 0.253. The summed E-state index contributed by atoms with van der Waals surface area (Å²) in [7, 11) is -0.253. The van der Waals surface area contributed by atoms with Crippen LogP contribution in [0, 0.1) is 0 Å². The zero-order valence-corrected chi connectivity index (χ0v) is 13.2. The maximum atomic E-state index is 6.54. The van der Waals surface area contributed by atoms with Gasteiger partial charge in [-0.1, -0.05) is 16.7 Å². The summed E-state index contributed by atoms with van der Waals surface area (Å²) in [6.07, 6.45) is 4.75. The van der Waals surface area contributed by atoms with E-state index in [1.54, 1.807) is 0 Å². The van der Waals surface area contributed by atoms with Crippen LogP contribution in [0.15, 0.2) is 28.1 Å². The highest BCUT2D eigenvalue weighted by Crippen LogP contribution is 2.44. The maximum Gasteiger partial charge on any atom is 0.101 e. The molecular weight excluding hydrogens is 266 g/mol. The quantitative estimate of drug-likeness (QED) is 0.858. The van der Waals surface area contributed by atoms with Gasteiger partial charge in [0.25, 0.3) is 0 Å². The van der Waals surface area contributed by atoms with Crippen molar-refractivity contribution in [2.45, 2.75) is 44.4 Å². The number of nitrogens with zero attached hydrogens (tertiary/aromatic N) is 2. The molecular formula is C16H23N3S. The van der Waals surface area contributed by atoms with Crippen LogP contribution in [0.25, 0.3) is 0 Å². The Bertz CT molecular complexity index is 585. The Hall–Kier alpha value is -1.13. The van der Waals surface area contributed by atoms with Gasteiger partial charge in [0.1, 0.15) is 5.69 Å². The van der Waals surface area contributed by atoms with Crippen molar-refractivity contribution >= 4 is 32.6 Å². The molecule has 0 bridgehead atoms. The minimum Gasteiger partial charge on any atom is -0.370 e. The average Bonchev–Trinajstić information content (AvgIpc) is 2.49. The van der Waals surface area contributed by atoms with E-state index in [1.807, 2.05) is 0 Å². The van der Waals surface area contributed by atoms with Crippen LogP contribution in [0.1, 0.15) is 39.5 Å². The smallest absolute Gasteiger partial charge is 0.101 e. The van der Waals surface area contributed by atoms with Gasteiger partial charge in [0.05, 0.1) is 11.4 Å². The maximum absolute atomic E-state index is 6.54. The lowest BCUT2D eigenvalue weighted by molar-refractivity contribution is 0.781. The highest BCUT2D eigenvalue weighted by molar-refractivity contribution is 8.15. The highest BCUT2D eigenvalue weighted by atomic mass is 32.2. The molecule has 0 saturated heterocycles. The Morgan fingerprint density at radius 2 is 1.95 bits per heavy atom.